The van der Waals surface area contributed by atoms with Crippen LogP contribution in [0.15, 0.2) is 18.2 Å². The first-order valence-corrected chi connectivity index (χ1v) is 6.89. The summed E-state index contributed by atoms with van der Waals surface area (Å²) in [6.45, 7) is 3.69. The number of primary amides is 1. The van der Waals surface area contributed by atoms with Gasteiger partial charge in [-0.05, 0) is 25.5 Å². The lowest BCUT2D eigenvalue weighted by molar-refractivity contribution is -0.125. The van der Waals surface area contributed by atoms with E-state index in [1.165, 1.54) is 0 Å². The van der Waals surface area contributed by atoms with E-state index >= 15 is 0 Å². The number of amides is 1. The van der Waals surface area contributed by atoms with Crippen molar-refractivity contribution >= 4 is 40.1 Å². The fraction of sp³-hybridized carbons (Fsp3) is 0.385. The maximum absolute atomic E-state index is 11.8. The molecule has 2 aromatic rings. The second-order valence-electron chi connectivity index (χ2n) is 4.60. The Balaban J connectivity index is 2.85. The number of rotatable bonds is 4. The highest BCUT2D eigenvalue weighted by Gasteiger charge is 2.34. The van der Waals surface area contributed by atoms with Crippen LogP contribution in [0.1, 0.15) is 26.1 Å². The fourth-order valence-electron chi connectivity index (χ4n) is 2.20. The molecule has 0 spiro atoms. The summed E-state index contributed by atoms with van der Waals surface area (Å²) in [5.74, 6) is 0.363. The molecule has 2 N–H and O–H groups in total. The zero-order valence-corrected chi connectivity index (χ0v) is 12.3. The van der Waals surface area contributed by atoms with Crippen molar-refractivity contribution in [3.05, 3.63) is 29.0 Å². The van der Waals surface area contributed by atoms with Crippen LogP contribution in [0.3, 0.4) is 0 Å². The molecule has 4 nitrogen and oxygen atoms in total. The highest BCUT2D eigenvalue weighted by Crippen LogP contribution is 2.31. The molecule has 0 aliphatic heterocycles. The van der Waals surface area contributed by atoms with Gasteiger partial charge in [0.05, 0.1) is 16.4 Å². The molecule has 0 saturated heterocycles. The standard InChI is InChI=1S/C13H15Cl2N3O/c1-3-13(2,12(16)19)18-9-6-4-5-8(15)11(9)17-10(18)7-14/h4-6H,3,7H2,1-2H3,(H2,16,19). The highest BCUT2D eigenvalue weighted by molar-refractivity contribution is 6.35. The number of fused-ring (bicyclic) bond motifs is 1. The Hall–Kier alpha value is -1.26. The first-order valence-electron chi connectivity index (χ1n) is 5.98. The van der Waals surface area contributed by atoms with Gasteiger partial charge < -0.3 is 10.3 Å². The van der Waals surface area contributed by atoms with Crippen molar-refractivity contribution in [2.45, 2.75) is 31.7 Å². The number of nitrogens with two attached hydrogens (primary N) is 1. The summed E-state index contributed by atoms with van der Waals surface area (Å²) in [5, 5.41) is 0.533. The zero-order valence-electron chi connectivity index (χ0n) is 10.8. The molecule has 1 heterocycles. The maximum Gasteiger partial charge on any atom is 0.243 e. The Labute approximate surface area is 121 Å². The lowest BCUT2D eigenvalue weighted by Crippen LogP contribution is -2.44. The summed E-state index contributed by atoms with van der Waals surface area (Å²) in [6, 6.07) is 5.44. The third-order valence-corrected chi connectivity index (χ3v) is 4.08. The topological polar surface area (TPSA) is 60.9 Å². The van der Waals surface area contributed by atoms with Crippen molar-refractivity contribution in [3.63, 3.8) is 0 Å². The Morgan fingerprint density at radius 2 is 2.21 bits per heavy atom. The number of nitrogens with zero attached hydrogens (tertiary/aromatic N) is 2. The van der Waals surface area contributed by atoms with Gasteiger partial charge in [0.1, 0.15) is 16.9 Å². The summed E-state index contributed by atoms with van der Waals surface area (Å²) >= 11 is 12.1. The minimum atomic E-state index is -0.871. The molecule has 6 heteroatoms. The number of aromatic nitrogens is 2. The van der Waals surface area contributed by atoms with Crippen molar-refractivity contribution in [2.24, 2.45) is 5.73 Å². The maximum atomic E-state index is 11.8. The Bertz CT molecular complexity index is 638. The number of alkyl halides is 1. The molecule has 1 amide bonds. The molecular formula is C13H15Cl2N3O. The van der Waals surface area contributed by atoms with Crippen LogP contribution in [0.25, 0.3) is 11.0 Å². The van der Waals surface area contributed by atoms with Gasteiger partial charge in [-0.1, -0.05) is 24.6 Å². The molecule has 19 heavy (non-hydrogen) atoms. The summed E-state index contributed by atoms with van der Waals surface area (Å²) in [7, 11) is 0. The van der Waals surface area contributed by atoms with Gasteiger partial charge in [-0.3, -0.25) is 4.79 Å². The normalized spacial score (nSPS) is 14.5. The molecule has 0 bridgehead atoms. The Morgan fingerprint density at radius 1 is 1.53 bits per heavy atom. The number of benzene rings is 1. The second-order valence-corrected chi connectivity index (χ2v) is 5.27. The van der Waals surface area contributed by atoms with E-state index in [2.05, 4.69) is 4.98 Å². The number of carbonyl (C=O) groups is 1. The first kappa shape index (κ1) is 14.2. The van der Waals surface area contributed by atoms with Crippen LogP contribution in [-0.4, -0.2) is 15.5 Å². The van der Waals surface area contributed by atoms with Crippen LogP contribution in [0.2, 0.25) is 5.02 Å². The molecule has 0 fully saturated rings. The summed E-state index contributed by atoms with van der Waals surface area (Å²) in [5.41, 5.74) is 6.10. The fourth-order valence-corrected chi connectivity index (χ4v) is 2.59. The first-order chi connectivity index (χ1) is 8.95. The Kier molecular flexibility index (Phi) is 3.74. The predicted molar refractivity (Wildman–Crippen MR) is 77.4 cm³/mol. The van der Waals surface area contributed by atoms with E-state index in [9.17, 15) is 4.79 Å². The van der Waals surface area contributed by atoms with E-state index in [1.54, 1.807) is 17.6 Å². The minimum Gasteiger partial charge on any atom is -0.368 e. The van der Waals surface area contributed by atoms with Crippen molar-refractivity contribution in [1.82, 2.24) is 9.55 Å². The van der Waals surface area contributed by atoms with Gasteiger partial charge in [-0.25, -0.2) is 4.98 Å². The number of hydrogen-bond acceptors (Lipinski definition) is 2. The van der Waals surface area contributed by atoms with Crippen LogP contribution < -0.4 is 5.73 Å². The molecule has 2 rings (SSSR count). The average molecular weight is 300 g/mol. The van der Waals surface area contributed by atoms with E-state index in [0.29, 0.717) is 22.8 Å². The van der Waals surface area contributed by atoms with E-state index in [4.69, 9.17) is 28.9 Å². The van der Waals surface area contributed by atoms with Crippen LogP contribution in [0.5, 0.6) is 0 Å². The Morgan fingerprint density at radius 3 is 2.74 bits per heavy atom. The molecule has 0 aliphatic rings. The zero-order chi connectivity index (χ0) is 14.2. The number of hydrogen-bond donors (Lipinski definition) is 1. The van der Waals surface area contributed by atoms with Gasteiger partial charge in [0, 0.05) is 0 Å². The van der Waals surface area contributed by atoms with Gasteiger partial charge >= 0.3 is 0 Å². The molecule has 0 radical (unpaired) electrons. The molecular weight excluding hydrogens is 285 g/mol. The summed E-state index contributed by atoms with van der Waals surface area (Å²) in [4.78, 5) is 16.3. The van der Waals surface area contributed by atoms with E-state index < -0.39 is 11.4 Å². The van der Waals surface area contributed by atoms with Gasteiger partial charge in [0.15, 0.2) is 0 Å². The highest BCUT2D eigenvalue weighted by atomic mass is 35.5. The molecule has 1 atom stereocenters. The smallest absolute Gasteiger partial charge is 0.243 e. The van der Waals surface area contributed by atoms with Crippen molar-refractivity contribution < 1.29 is 4.79 Å². The van der Waals surface area contributed by atoms with Gasteiger partial charge in [0.2, 0.25) is 5.91 Å². The third-order valence-electron chi connectivity index (χ3n) is 3.54. The van der Waals surface area contributed by atoms with Crippen LogP contribution in [0, 0.1) is 0 Å². The average Bonchev–Trinajstić information content (AvgIpc) is 2.78. The largest absolute Gasteiger partial charge is 0.368 e. The number of para-hydroxylation sites is 1. The monoisotopic (exact) mass is 299 g/mol. The van der Waals surface area contributed by atoms with E-state index in [0.717, 1.165) is 5.52 Å². The SMILES string of the molecule is CCC(C)(C(N)=O)n1c(CCl)nc2c(Cl)cccc21. The van der Waals surface area contributed by atoms with E-state index in [-0.39, 0.29) is 5.88 Å². The lowest BCUT2D eigenvalue weighted by atomic mass is 9.97. The summed E-state index contributed by atoms with van der Waals surface area (Å²) < 4.78 is 1.80. The predicted octanol–water partition coefficient (Wildman–Crippen LogP) is 3.04. The quantitative estimate of drug-likeness (QED) is 0.882. The number of halogens is 2. The van der Waals surface area contributed by atoms with Gasteiger partial charge in [-0.2, -0.15) is 0 Å². The van der Waals surface area contributed by atoms with Crippen molar-refractivity contribution in [2.75, 3.05) is 0 Å². The third kappa shape index (κ3) is 2.09. The second kappa shape index (κ2) is 5.02. The number of carbonyl (C=O) groups excluding carboxylic acids is 1. The van der Waals surface area contributed by atoms with Crippen LogP contribution >= 0.6 is 23.2 Å². The molecule has 102 valence electrons. The minimum absolute atomic E-state index is 0.188. The van der Waals surface area contributed by atoms with Gasteiger partial charge in [0.25, 0.3) is 0 Å². The molecule has 0 saturated carbocycles. The van der Waals surface area contributed by atoms with Crippen LogP contribution in [0.4, 0.5) is 0 Å². The molecule has 0 aliphatic carbocycles. The van der Waals surface area contributed by atoms with Crippen LogP contribution in [-0.2, 0) is 16.2 Å². The lowest BCUT2D eigenvalue weighted by Gasteiger charge is -2.28. The molecule has 1 unspecified atom stereocenters. The van der Waals surface area contributed by atoms with Crippen molar-refractivity contribution in [1.29, 1.82) is 0 Å². The van der Waals surface area contributed by atoms with Gasteiger partial charge in [-0.15, -0.1) is 11.6 Å². The van der Waals surface area contributed by atoms with E-state index in [1.807, 2.05) is 19.1 Å². The molecule has 1 aromatic heterocycles. The number of imidazole rings is 1. The van der Waals surface area contributed by atoms with Crippen molar-refractivity contribution in [3.8, 4) is 0 Å². The summed E-state index contributed by atoms with van der Waals surface area (Å²) in [6.07, 6.45) is 0.546. The molecule has 1 aromatic carbocycles.